The number of benzene rings is 2. The van der Waals surface area contributed by atoms with Crippen molar-refractivity contribution in [2.45, 2.75) is 19.0 Å². The lowest BCUT2D eigenvalue weighted by atomic mass is 9.87. The third-order valence-corrected chi connectivity index (χ3v) is 5.18. The molecular formula is C23H24N2O2. The second-order valence-corrected chi connectivity index (χ2v) is 6.76. The summed E-state index contributed by atoms with van der Waals surface area (Å²) in [5.41, 5.74) is 4.96. The molecule has 3 aromatic rings. The van der Waals surface area contributed by atoms with Gasteiger partial charge in [0.2, 0.25) is 0 Å². The van der Waals surface area contributed by atoms with E-state index in [2.05, 4.69) is 58.4 Å². The molecule has 1 aliphatic rings. The fraction of sp³-hybridized carbons (Fsp3) is 0.261. The molecule has 0 saturated carbocycles. The number of pyridine rings is 1. The Morgan fingerprint density at radius 1 is 0.963 bits per heavy atom. The van der Waals surface area contributed by atoms with Crippen LogP contribution in [0.1, 0.15) is 28.4 Å². The SMILES string of the molecule is COc1cc2c(cc1OC)[C@H](c1ccccc1)N(Cc1ccccn1)CC2. The average molecular weight is 360 g/mol. The van der Waals surface area contributed by atoms with Gasteiger partial charge in [-0.25, -0.2) is 0 Å². The molecule has 0 spiro atoms. The number of ether oxygens (including phenoxy) is 2. The summed E-state index contributed by atoms with van der Waals surface area (Å²) in [6, 6.07) is 21.2. The minimum absolute atomic E-state index is 0.164. The third-order valence-electron chi connectivity index (χ3n) is 5.18. The van der Waals surface area contributed by atoms with E-state index in [1.807, 2.05) is 18.3 Å². The Hall–Kier alpha value is -2.85. The number of hydrogen-bond donors (Lipinski definition) is 0. The molecule has 0 saturated heterocycles. The Labute approximate surface area is 160 Å². The summed E-state index contributed by atoms with van der Waals surface area (Å²) in [5, 5.41) is 0. The highest BCUT2D eigenvalue weighted by atomic mass is 16.5. The number of rotatable bonds is 5. The van der Waals surface area contributed by atoms with Crippen LogP contribution in [0.25, 0.3) is 0 Å². The maximum atomic E-state index is 5.58. The molecule has 0 amide bonds. The van der Waals surface area contributed by atoms with Crippen LogP contribution in [0.15, 0.2) is 66.9 Å². The highest BCUT2D eigenvalue weighted by molar-refractivity contribution is 5.51. The van der Waals surface area contributed by atoms with E-state index in [1.54, 1.807) is 14.2 Å². The third kappa shape index (κ3) is 3.53. The maximum Gasteiger partial charge on any atom is 0.161 e. The van der Waals surface area contributed by atoms with Gasteiger partial charge in [0, 0.05) is 19.3 Å². The Morgan fingerprint density at radius 3 is 2.41 bits per heavy atom. The molecule has 0 N–H and O–H groups in total. The molecule has 0 radical (unpaired) electrons. The zero-order valence-corrected chi connectivity index (χ0v) is 15.8. The molecular weight excluding hydrogens is 336 g/mol. The van der Waals surface area contributed by atoms with E-state index in [0.717, 1.165) is 36.7 Å². The first kappa shape index (κ1) is 17.6. The van der Waals surface area contributed by atoms with Gasteiger partial charge in [0.25, 0.3) is 0 Å². The van der Waals surface area contributed by atoms with Crippen molar-refractivity contribution in [2.24, 2.45) is 0 Å². The molecule has 4 rings (SSSR count). The monoisotopic (exact) mass is 360 g/mol. The Balaban J connectivity index is 1.79. The normalized spacial score (nSPS) is 16.6. The van der Waals surface area contributed by atoms with Gasteiger partial charge in [0.1, 0.15) is 0 Å². The minimum atomic E-state index is 0.164. The second kappa shape index (κ2) is 7.80. The highest BCUT2D eigenvalue weighted by Crippen LogP contribution is 2.41. The van der Waals surface area contributed by atoms with E-state index in [-0.39, 0.29) is 6.04 Å². The minimum Gasteiger partial charge on any atom is -0.493 e. The topological polar surface area (TPSA) is 34.6 Å². The zero-order valence-electron chi connectivity index (χ0n) is 15.8. The summed E-state index contributed by atoms with van der Waals surface area (Å²) >= 11 is 0. The lowest BCUT2D eigenvalue weighted by molar-refractivity contribution is 0.201. The van der Waals surface area contributed by atoms with E-state index < -0.39 is 0 Å². The molecule has 0 fully saturated rings. The van der Waals surface area contributed by atoms with Crippen molar-refractivity contribution >= 4 is 0 Å². The van der Waals surface area contributed by atoms with Gasteiger partial charge in [-0.15, -0.1) is 0 Å². The first-order valence-corrected chi connectivity index (χ1v) is 9.24. The largest absolute Gasteiger partial charge is 0.493 e. The lowest BCUT2D eigenvalue weighted by Gasteiger charge is -2.38. The van der Waals surface area contributed by atoms with E-state index in [0.29, 0.717) is 0 Å². The summed E-state index contributed by atoms with van der Waals surface area (Å²) < 4.78 is 11.1. The quantitative estimate of drug-likeness (QED) is 0.681. The van der Waals surface area contributed by atoms with Crippen molar-refractivity contribution in [1.82, 2.24) is 9.88 Å². The summed E-state index contributed by atoms with van der Waals surface area (Å²) in [5.74, 6) is 1.57. The van der Waals surface area contributed by atoms with E-state index in [9.17, 15) is 0 Å². The van der Waals surface area contributed by atoms with Gasteiger partial charge < -0.3 is 9.47 Å². The fourth-order valence-electron chi connectivity index (χ4n) is 3.89. The zero-order chi connectivity index (χ0) is 18.6. The fourth-order valence-corrected chi connectivity index (χ4v) is 3.89. The van der Waals surface area contributed by atoms with Gasteiger partial charge in [0.05, 0.1) is 26.0 Å². The van der Waals surface area contributed by atoms with E-state index in [1.165, 1.54) is 16.7 Å². The summed E-state index contributed by atoms with van der Waals surface area (Å²) in [4.78, 5) is 7.02. The molecule has 0 aliphatic carbocycles. The molecule has 0 bridgehead atoms. The lowest BCUT2D eigenvalue weighted by Crippen LogP contribution is -2.36. The van der Waals surface area contributed by atoms with Crippen LogP contribution in [0.3, 0.4) is 0 Å². The van der Waals surface area contributed by atoms with Crippen LogP contribution in [-0.2, 0) is 13.0 Å². The number of nitrogens with zero attached hydrogens (tertiary/aromatic N) is 2. The smallest absolute Gasteiger partial charge is 0.161 e. The molecule has 138 valence electrons. The molecule has 27 heavy (non-hydrogen) atoms. The van der Waals surface area contributed by atoms with Crippen LogP contribution in [0, 0.1) is 0 Å². The van der Waals surface area contributed by atoms with Gasteiger partial charge in [0.15, 0.2) is 11.5 Å². The molecule has 1 aliphatic heterocycles. The van der Waals surface area contributed by atoms with Gasteiger partial charge in [-0.1, -0.05) is 36.4 Å². The number of methoxy groups -OCH3 is 2. The first-order chi connectivity index (χ1) is 13.3. The van der Waals surface area contributed by atoms with E-state index in [4.69, 9.17) is 9.47 Å². The van der Waals surface area contributed by atoms with Gasteiger partial charge in [-0.3, -0.25) is 9.88 Å². The van der Waals surface area contributed by atoms with Crippen LogP contribution < -0.4 is 9.47 Å². The number of hydrogen-bond acceptors (Lipinski definition) is 4. The molecule has 4 heteroatoms. The van der Waals surface area contributed by atoms with Crippen molar-refractivity contribution in [3.63, 3.8) is 0 Å². The van der Waals surface area contributed by atoms with Crippen molar-refractivity contribution in [1.29, 1.82) is 0 Å². The average Bonchev–Trinajstić information content (AvgIpc) is 2.74. The molecule has 2 heterocycles. The highest BCUT2D eigenvalue weighted by Gasteiger charge is 2.30. The van der Waals surface area contributed by atoms with Gasteiger partial charge >= 0.3 is 0 Å². The van der Waals surface area contributed by atoms with Crippen LogP contribution in [0.5, 0.6) is 11.5 Å². The molecule has 1 aromatic heterocycles. The van der Waals surface area contributed by atoms with Crippen LogP contribution >= 0.6 is 0 Å². The second-order valence-electron chi connectivity index (χ2n) is 6.76. The van der Waals surface area contributed by atoms with Crippen molar-refractivity contribution in [3.05, 3.63) is 89.2 Å². The van der Waals surface area contributed by atoms with Crippen LogP contribution in [0.4, 0.5) is 0 Å². The van der Waals surface area contributed by atoms with Crippen molar-refractivity contribution in [3.8, 4) is 11.5 Å². The molecule has 4 nitrogen and oxygen atoms in total. The van der Waals surface area contributed by atoms with Crippen molar-refractivity contribution < 1.29 is 9.47 Å². The van der Waals surface area contributed by atoms with Crippen molar-refractivity contribution in [2.75, 3.05) is 20.8 Å². The predicted octanol–water partition coefficient (Wildman–Crippen LogP) is 4.25. The van der Waals surface area contributed by atoms with Gasteiger partial charge in [-0.05, 0) is 47.4 Å². The Bertz CT molecular complexity index is 897. The Kier molecular flexibility index (Phi) is 5.07. The molecule has 2 aromatic carbocycles. The summed E-state index contributed by atoms with van der Waals surface area (Å²) in [6.45, 7) is 1.78. The standard InChI is InChI=1S/C23H24N2O2/c1-26-21-14-18-11-13-25(16-19-10-6-7-12-24-19)23(17-8-4-3-5-9-17)20(18)15-22(21)27-2/h3-10,12,14-15,23H,11,13,16H2,1-2H3/t23-/m0/s1. The maximum absolute atomic E-state index is 5.58. The number of fused-ring (bicyclic) bond motifs is 1. The predicted molar refractivity (Wildman–Crippen MR) is 106 cm³/mol. The Morgan fingerprint density at radius 2 is 1.70 bits per heavy atom. The molecule has 1 atom stereocenters. The summed E-state index contributed by atoms with van der Waals surface area (Å²) in [7, 11) is 3.38. The van der Waals surface area contributed by atoms with Crippen LogP contribution in [0.2, 0.25) is 0 Å². The molecule has 0 unspecified atom stereocenters. The summed E-state index contributed by atoms with van der Waals surface area (Å²) in [6.07, 6.45) is 2.84. The van der Waals surface area contributed by atoms with Gasteiger partial charge in [-0.2, -0.15) is 0 Å². The number of aromatic nitrogens is 1. The van der Waals surface area contributed by atoms with E-state index >= 15 is 0 Å². The first-order valence-electron chi connectivity index (χ1n) is 9.24. The van der Waals surface area contributed by atoms with Crippen LogP contribution in [-0.4, -0.2) is 30.6 Å².